The van der Waals surface area contributed by atoms with Crippen molar-refractivity contribution in [3.63, 3.8) is 0 Å². The smallest absolute Gasteiger partial charge is 0.306 e. The zero-order valence-corrected chi connectivity index (χ0v) is 23.4. The van der Waals surface area contributed by atoms with Gasteiger partial charge in [-0.25, -0.2) is 0 Å². The van der Waals surface area contributed by atoms with Crippen molar-refractivity contribution in [3.8, 4) is 0 Å². The van der Waals surface area contributed by atoms with Crippen LogP contribution >= 0.6 is 0 Å². The van der Waals surface area contributed by atoms with Gasteiger partial charge in [-0.15, -0.1) is 0 Å². The first-order chi connectivity index (χ1) is 20.3. The number of carbonyl (C=O) groups is 5. The summed E-state index contributed by atoms with van der Waals surface area (Å²) < 4.78 is 5.08. The highest BCUT2D eigenvalue weighted by Gasteiger charge is 2.61. The van der Waals surface area contributed by atoms with Crippen LogP contribution in [-0.4, -0.2) is 47.5 Å². The Morgan fingerprint density at radius 2 is 1.26 bits per heavy atom. The molecule has 42 heavy (non-hydrogen) atoms. The Morgan fingerprint density at radius 3 is 1.76 bits per heavy atom. The van der Waals surface area contributed by atoms with E-state index in [0.29, 0.717) is 37.1 Å². The molecule has 0 radical (unpaired) electrons. The average Bonchev–Trinajstić information content (AvgIpc) is 3.25. The summed E-state index contributed by atoms with van der Waals surface area (Å²) >= 11 is 0. The van der Waals surface area contributed by atoms with Crippen LogP contribution in [0, 0.1) is 11.8 Å². The molecule has 1 aliphatic heterocycles. The Balaban J connectivity index is 0.978. The third-order valence-corrected chi connectivity index (χ3v) is 8.74. The van der Waals surface area contributed by atoms with E-state index in [2.05, 4.69) is 29.6 Å². The number of hydrogen-bond donors (Lipinski definition) is 1. The van der Waals surface area contributed by atoms with Crippen molar-refractivity contribution in [1.82, 2.24) is 4.90 Å². The highest BCUT2D eigenvalue weighted by molar-refractivity contribution is 6.07. The number of esters is 1. The van der Waals surface area contributed by atoms with Gasteiger partial charge in [-0.05, 0) is 66.3 Å². The lowest BCUT2D eigenvalue weighted by molar-refractivity contribution is -0.147. The number of imide groups is 1. The number of Topliss-reactive ketones (excluding diaryl/α,β-unsaturated/α-hetero) is 1. The maximum absolute atomic E-state index is 13.6. The molecule has 4 aliphatic rings. The molecule has 8 heteroatoms. The topological polar surface area (TPSA) is 110 Å². The SMILES string of the molecule is CC(=O)c1ccc(NC(=O)COC(=O)CCCCCN2C(=O)[C@@H]3C4c5ccccc5C(c5ccccc54)[C@H]3C2=O)cc1. The number of carbonyl (C=O) groups excluding carboxylic acids is 5. The van der Waals surface area contributed by atoms with Crippen molar-refractivity contribution in [1.29, 1.82) is 0 Å². The molecule has 8 nitrogen and oxygen atoms in total. The van der Waals surface area contributed by atoms with Crippen LogP contribution in [0.3, 0.4) is 0 Å². The predicted octanol–water partition coefficient (Wildman–Crippen LogP) is 4.82. The van der Waals surface area contributed by atoms with Gasteiger partial charge in [0.15, 0.2) is 12.4 Å². The molecule has 3 aliphatic carbocycles. The van der Waals surface area contributed by atoms with Gasteiger partial charge >= 0.3 is 5.97 Å². The second kappa shape index (κ2) is 11.4. The minimum absolute atomic E-state index is 0.0673. The zero-order chi connectivity index (χ0) is 29.4. The van der Waals surface area contributed by atoms with Crippen molar-refractivity contribution in [2.24, 2.45) is 11.8 Å². The van der Waals surface area contributed by atoms with E-state index in [1.165, 1.54) is 11.8 Å². The Morgan fingerprint density at radius 1 is 0.738 bits per heavy atom. The predicted molar refractivity (Wildman–Crippen MR) is 155 cm³/mol. The number of nitrogens with zero attached hydrogens (tertiary/aromatic N) is 1. The van der Waals surface area contributed by atoms with Gasteiger partial charge in [0.25, 0.3) is 5.91 Å². The lowest BCUT2D eigenvalue weighted by Crippen LogP contribution is -2.41. The maximum atomic E-state index is 13.6. The molecule has 3 amide bonds. The van der Waals surface area contributed by atoms with Gasteiger partial charge in [0.1, 0.15) is 0 Å². The van der Waals surface area contributed by atoms with E-state index >= 15 is 0 Å². The van der Waals surface area contributed by atoms with Crippen LogP contribution in [0.4, 0.5) is 5.69 Å². The van der Waals surface area contributed by atoms with E-state index in [1.807, 2.05) is 24.3 Å². The van der Waals surface area contributed by atoms with Gasteiger partial charge in [-0.3, -0.25) is 28.9 Å². The van der Waals surface area contributed by atoms with Gasteiger partial charge < -0.3 is 10.1 Å². The fourth-order valence-corrected chi connectivity index (χ4v) is 6.88. The molecule has 3 aromatic carbocycles. The molecule has 3 aromatic rings. The summed E-state index contributed by atoms with van der Waals surface area (Å²) in [6.07, 6.45) is 1.90. The summed E-state index contributed by atoms with van der Waals surface area (Å²) in [7, 11) is 0. The number of amides is 3. The van der Waals surface area contributed by atoms with Gasteiger partial charge in [0.05, 0.1) is 11.8 Å². The minimum Gasteiger partial charge on any atom is -0.456 e. The largest absolute Gasteiger partial charge is 0.456 e. The highest BCUT2D eigenvalue weighted by Crippen LogP contribution is 2.60. The van der Waals surface area contributed by atoms with Gasteiger partial charge in [-0.1, -0.05) is 55.0 Å². The first-order valence-corrected chi connectivity index (χ1v) is 14.4. The van der Waals surface area contributed by atoms with Crippen molar-refractivity contribution < 1.29 is 28.7 Å². The first-order valence-electron chi connectivity index (χ1n) is 14.4. The van der Waals surface area contributed by atoms with Crippen LogP contribution in [0.25, 0.3) is 0 Å². The summed E-state index contributed by atoms with van der Waals surface area (Å²) in [5.41, 5.74) is 5.67. The number of ketones is 1. The second-order valence-corrected chi connectivity index (χ2v) is 11.2. The van der Waals surface area contributed by atoms with Crippen LogP contribution in [0.15, 0.2) is 72.8 Å². The monoisotopic (exact) mass is 564 g/mol. The molecule has 7 rings (SSSR count). The number of nitrogens with one attached hydrogen (secondary N) is 1. The van der Waals surface area contributed by atoms with Crippen molar-refractivity contribution in [2.75, 3.05) is 18.5 Å². The summed E-state index contributed by atoms with van der Waals surface area (Å²) in [5.74, 6) is -2.17. The number of hydrogen-bond acceptors (Lipinski definition) is 6. The Bertz CT molecular complexity index is 1460. The summed E-state index contributed by atoms with van der Waals surface area (Å²) in [5, 5.41) is 2.63. The summed E-state index contributed by atoms with van der Waals surface area (Å²) in [6, 6.07) is 22.8. The number of anilines is 1. The fourth-order valence-electron chi connectivity index (χ4n) is 6.88. The quantitative estimate of drug-likeness (QED) is 0.164. The molecular weight excluding hydrogens is 532 g/mol. The molecule has 2 atom stereocenters. The number of unbranched alkanes of at least 4 members (excludes halogenated alkanes) is 2. The van der Waals surface area contributed by atoms with Crippen molar-refractivity contribution >= 4 is 35.2 Å². The van der Waals surface area contributed by atoms with Crippen molar-refractivity contribution in [2.45, 2.75) is 44.4 Å². The first kappa shape index (κ1) is 27.6. The standard InChI is InChI=1S/C34H32N2O6/c1-20(37)21-14-16-22(17-15-21)35-27(38)19-42-28(39)13-3-2-8-18-36-33(40)31-29-23-9-4-5-10-24(23)30(32(31)34(36)41)26-12-7-6-11-25(26)29/h4-7,9-12,14-17,29-32H,2-3,8,13,18-19H2,1H3,(H,35,38)/t29?,30?,31-,32-/m1/s1. The molecule has 1 heterocycles. The van der Waals surface area contributed by atoms with Crippen molar-refractivity contribution in [3.05, 3.63) is 101 Å². The van der Waals surface area contributed by atoms with Gasteiger partial charge in [-0.2, -0.15) is 0 Å². The van der Waals surface area contributed by atoms with E-state index in [-0.39, 0.29) is 47.7 Å². The number of rotatable bonds is 10. The molecule has 0 saturated carbocycles. The Hall–Kier alpha value is -4.59. The highest BCUT2D eigenvalue weighted by atomic mass is 16.5. The third-order valence-electron chi connectivity index (χ3n) is 8.74. The molecular formula is C34H32N2O6. The minimum atomic E-state index is -0.483. The maximum Gasteiger partial charge on any atom is 0.306 e. The Labute approximate surface area is 244 Å². The van der Waals surface area contributed by atoms with Crippen LogP contribution < -0.4 is 5.32 Å². The van der Waals surface area contributed by atoms with Crippen LogP contribution in [0.5, 0.6) is 0 Å². The second-order valence-electron chi connectivity index (χ2n) is 11.2. The van der Waals surface area contributed by atoms with Gasteiger partial charge in [0, 0.05) is 36.1 Å². The summed E-state index contributed by atoms with van der Waals surface area (Å²) in [4.78, 5) is 64.3. The molecule has 1 saturated heterocycles. The zero-order valence-electron chi connectivity index (χ0n) is 23.4. The molecule has 0 aromatic heterocycles. The average molecular weight is 565 g/mol. The third kappa shape index (κ3) is 4.91. The molecule has 1 N–H and O–H groups in total. The molecule has 0 spiro atoms. The number of benzene rings is 3. The van der Waals surface area contributed by atoms with E-state index in [9.17, 15) is 24.0 Å². The molecule has 0 unspecified atom stereocenters. The van der Waals surface area contributed by atoms with E-state index in [4.69, 9.17) is 4.74 Å². The van der Waals surface area contributed by atoms with E-state index in [0.717, 1.165) is 22.3 Å². The van der Waals surface area contributed by atoms with Crippen LogP contribution in [0.1, 0.15) is 77.1 Å². The molecule has 214 valence electrons. The summed E-state index contributed by atoms with van der Waals surface area (Å²) in [6.45, 7) is 1.39. The van der Waals surface area contributed by atoms with Crippen LogP contribution in [-0.2, 0) is 23.9 Å². The Kier molecular flexibility index (Phi) is 7.45. The van der Waals surface area contributed by atoms with Gasteiger partial charge in [0.2, 0.25) is 11.8 Å². The van der Waals surface area contributed by atoms with E-state index in [1.54, 1.807) is 24.3 Å². The number of likely N-dealkylation sites (tertiary alicyclic amines) is 1. The lowest BCUT2D eigenvalue weighted by atomic mass is 9.55. The number of ether oxygens (including phenoxy) is 1. The molecule has 2 bridgehead atoms. The molecule has 1 fully saturated rings. The fraction of sp³-hybridized carbons (Fsp3) is 0.324. The lowest BCUT2D eigenvalue weighted by Gasteiger charge is -2.45. The normalized spacial score (nSPS) is 21.4. The van der Waals surface area contributed by atoms with E-state index < -0.39 is 18.5 Å². The van der Waals surface area contributed by atoms with Crippen LogP contribution in [0.2, 0.25) is 0 Å².